The van der Waals surface area contributed by atoms with Crippen molar-refractivity contribution in [2.24, 2.45) is 23.7 Å². The Balaban J connectivity index is 1.75. The Morgan fingerprint density at radius 3 is 2.67 bits per heavy atom. The van der Waals surface area contributed by atoms with Crippen molar-refractivity contribution < 1.29 is 41.8 Å². The van der Waals surface area contributed by atoms with Gasteiger partial charge in [0.25, 0.3) is 5.79 Å². The van der Waals surface area contributed by atoms with Crippen LogP contribution in [0.15, 0.2) is 12.2 Å². The van der Waals surface area contributed by atoms with Crippen LogP contribution in [0.1, 0.15) is 19.8 Å². The molecule has 2 saturated carbocycles. The molecule has 5 atom stereocenters. The van der Waals surface area contributed by atoms with E-state index in [1.807, 2.05) is 0 Å². The molecule has 2 bridgehead atoms. The molecule has 1 aliphatic heterocycles. The van der Waals surface area contributed by atoms with Crippen molar-refractivity contribution in [2.45, 2.75) is 31.7 Å². The molecule has 3 rings (SSSR count). The number of ether oxygens (including phenoxy) is 3. The quantitative estimate of drug-likeness (QED) is 0.569. The molecular formula is C15H15F3O6. The first kappa shape index (κ1) is 16.8. The summed E-state index contributed by atoms with van der Waals surface area (Å²) in [6.07, 6.45) is -4.21. The number of carbonyl (C=O) groups excluding carboxylic acids is 3. The van der Waals surface area contributed by atoms with Crippen LogP contribution in [0.25, 0.3) is 0 Å². The van der Waals surface area contributed by atoms with Crippen molar-refractivity contribution in [3.8, 4) is 0 Å². The summed E-state index contributed by atoms with van der Waals surface area (Å²) in [5, 5.41) is 0. The van der Waals surface area contributed by atoms with Crippen LogP contribution >= 0.6 is 0 Å². The molecule has 1 heterocycles. The fraction of sp³-hybridized carbons (Fsp3) is 0.667. The van der Waals surface area contributed by atoms with Crippen molar-refractivity contribution in [1.29, 1.82) is 0 Å². The van der Waals surface area contributed by atoms with Crippen LogP contribution in [0.4, 0.5) is 13.2 Å². The van der Waals surface area contributed by atoms with Gasteiger partial charge in [0.05, 0.1) is 17.8 Å². The molecule has 0 amide bonds. The lowest BCUT2D eigenvalue weighted by molar-refractivity contribution is -0.220. The maximum atomic E-state index is 12.2. The first-order chi connectivity index (χ1) is 11.0. The minimum atomic E-state index is -4.63. The second kappa shape index (κ2) is 5.22. The first-order valence-electron chi connectivity index (χ1n) is 7.39. The average molecular weight is 348 g/mol. The molecule has 0 N–H and O–H groups in total. The molecule has 0 aromatic carbocycles. The maximum absolute atomic E-state index is 12.2. The minimum Gasteiger partial charge on any atom is -0.456 e. The van der Waals surface area contributed by atoms with E-state index >= 15 is 0 Å². The fourth-order valence-corrected chi connectivity index (χ4v) is 3.98. The predicted molar refractivity (Wildman–Crippen MR) is 69.9 cm³/mol. The number of alkyl halides is 3. The number of rotatable bonds is 4. The summed E-state index contributed by atoms with van der Waals surface area (Å²) in [7, 11) is 0. The van der Waals surface area contributed by atoms with Crippen LogP contribution in [0, 0.1) is 23.7 Å². The highest BCUT2D eigenvalue weighted by atomic mass is 19.4. The van der Waals surface area contributed by atoms with E-state index in [0.717, 1.165) is 0 Å². The van der Waals surface area contributed by atoms with Gasteiger partial charge in [-0.2, -0.15) is 13.2 Å². The van der Waals surface area contributed by atoms with Crippen molar-refractivity contribution in [3.05, 3.63) is 12.2 Å². The third-order valence-electron chi connectivity index (χ3n) is 4.81. The lowest BCUT2D eigenvalue weighted by atomic mass is 9.78. The van der Waals surface area contributed by atoms with Gasteiger partial charge >= 0.3 is 24.1 Å². The smallest absolute Gasteiger partial charge is 0.422 e. The van der Waals surface area contributed by atoms with Gasteiger partial charge in [0.2, 0.25) is 0 Å². The highest BCUT2D eigenvalue weighted by Gasteiger charge is 2.73. The summed E-state index contributed by atoms with van der Waals surface area (Å²) < 4.78 is 51.4. The largest absolute Gasteiger partial charge is 0.456 e. The zero-order chi connectivity index (χ0) is 17.9. The molecule has 0 spiro atoms. The van der Waals surface area contributed by atoms with Crippen molar-refractivity contribution in [1.82, 2.24) is 0 Å². The lowest BCUT2D eigenvalue weighted by Gasteiger charge is -2.32. The van der Waals surface area contributed by atoms with Gasteiger partial charge in [-0.15, -0.1) is 0 Å². The van der Waals surface area contributed by atoms with Gasteiger partial charge in [0.1, 0.15) is 0 Å². The van der Waals surface area contributed by atoms with Crippen LogP contribution in [0.2, 0.25) is 0 Å². The number of halogens is 3. The molecular weight excluding hydrogens is 333 g/mol. The van der Waals surface area contributed by atoms with E-state index in [1.54, 1.807) is 0 Å². The summed E-state index contributed by atoms with van der Waals surface area (Å²) in [5.74, 6) is -6.89. The molecule has 5 unspecified atom stereocenters. The normalized spacial score (nSPS) is 36.4. The van der Waals surface area contributed by atoms with Gasteiger partial charge in [0.15, 0.2) is 6.61 Å². The zero-order valence-corrected chi connectivity index (χ0v) is 12.7. The number of esters is 3. The highest BCUT2D eigenvalue weighted by Crippen LogP contribution is 2.63. The van der Waals surface area contributed by atoms with Crippen LogP contribution in [0.3, 0.4) is 0 Å². The van der Waals surface area contributed by atoms with E-state index in [0.29, 0.717) is 6.42 Å². The Morgan fingerprint density at radius 2 is 2.08 bits per heavy atom. The second-order valence-electron chi connectivity index (χ2n) is 6.48. The molecule has 2 aliphatic carbocycles. The van der Waals surface area contributed by atoms with Gasteiger partial charge in [-0.3, -0.25) is 9.59 Å². The Bertz CT molecular complexity index is 627. The second-order valence-corrected chi connectivity index (χ2v) is 6.48. The monoisotopic (exact) mass is 348 g/mol. The summed E-state index contributed by atoms with van der Waals surface area (Å²) in [6.45, 7) is 3.20. The van der Waals surface area contributed by atoms with Crippen LogP contribution in [-0.4, -0.2) is 36.5 Å². The van der Waals surface area contributed by atoms with E-state index < -0.39 is 60.1 Å². The van der Waals surface area contributed by atoms with E-state index in [1.165, 1.54) is 6.92 Å². The van der Waals surface area contributed by atoms with Crippen molar-refractivity contribution >= 4 is 17.9 Å². The molecule has 3 fully saturated rings. The van der Waals surface area contributed by atoms with Crippen LogP contribution in [-0.2, 0) is 28.6 Å². The first-order valence-corrected chi connectivity index (χ1v) is 7.39. The van der Waals surface area contributed by atoms with E-state index in [4.69, 9.17) is 9.47 Å². The van der Waals surface area contributed by atoms with Gasteiger partial charge in [0, 0.05) is 12.0 Å². The van der Waals surface area contributed by atoms with Gasteiger partial charge < -0.3 is 14.2 Å². The number of hydrogen-bond acceptors (Lipinski definition) is 6. The number of fused-ring (bicyclic) bond motifs is 1. The van der Waals surface area contributed by atoms with Gasteiger partial charge in [-0.05, 0) is 19.3 Å². The number of carbonyl (C=O) groups is 3. The number of hydrogen-bond donors (Lipinski definition) is 0. The Morgan fingerprint density at radius 1 is 1.42 bits per heavy atom. The molecule has 132 valence electrons. The molecule has 1 saturated heterocycles. The average Bonchev–Trinajstić information content (AvgIpc) is 3.02. The van der Waals surface area contributed by atoms with E-state index in [9.17, 15) is 27.6 Å². The van der Waals surface area contributed by atoms with Gasteiger partial charge in [-0.1, -0.05) is 6.58 Å². The summed E-state index contributed by atoms with van der Waals surface area (Å²) in [5.41, 5.74) is 0.132. The summed E-state index contributed by atoms with van der Waals surface area (Å²) >= 11 is 0. The topological polar surface area (TPSA) is 78.9 Å². The Kier molecular flexibility index (Phi) is 3.65. The molecule has 0 aromatic rings. The fourth-order valence-electron chi connectivity index (χ4n) is 3.98. The summed E-state index contributed by atoms with van der Waals surface area (Å²) in [4.78, 5) is 35.9. The molecule has 24 heavy (non-hydrogen) atoms. The van der Waals surface area contributed by atoms with Crippen LogP contribution in [0.5, 0.6) is 0 Å². The van der Waals surface area contributed by atoms with Gasteiger partial charge in [-0.25, -0.2) is 4.79 Å². The van der Waals surface area contributed by atoms with E-state index in [-0.39, 0.29) is 12.0 Å². The van der Waals surface area contributed by atoms with Crippen molar-refractivity contribution in [2.75, 3.05) is 6.61 Å². The predicted octanol–water partition coefficient (Wildman–Crippen LogP) is 1.74. The molecule has 6 nitrogen and oxygen atoms in total. The lowest BCUT2D eigenvalue weighted by Crippen LogP contribution is -2.43. The molecule has 3 aliphatic rings. The molecule has 0 aromatic heterocycles. The SMILES string of the molecule is C=C(C)C(=O)OC12CC3CC1C(C(=O)O2)C3C(=O)OCC(F)(F)F. The third kappa shape index (κ3) is 2.55. The van der Waals surface area contributed by atoms with Crippen LogP contribution < -0.4 is 0 Å². The molecule has 9 heteroatoms. The minimum absolute atomic E-state index is 0.0741. The zero-order valence-electron chi connectivity index (χ0n) is 12.7. The Hall–Kier alpha value is -2.06. The summed E-state index contributed by atoms with van der Waals surface area (Å²) in [6, 6.07) is 0. The van der Waals surface area contributed by atoms with E-state index in [2.05, 4.69) is 11.3 Å². The standard InChI is InChI=1S/C15H15F3O6/c1-6(2)11(19)23-14-4-7-3-8(14)10(13(21)24-14)9(7)12(20)22-5-15(16,17)18/h7-10H,1,3-5H2,2H3. The Labute approximate surface area is 134 Å². The van der Waals surface area contributed by atoms with Crippen molar-refractivity contribution in [3.63, 3.8) is 0 Å². The third-order valence-corrected chi connectivity index (χ3v) is 4.81. The maximum Gasteiger partial charge on any atom is 0.422 e. The molecule has 0 radical (unpaired) electrons. The highest BCUT2D eigenvalue weighted by molar-refractivity contribution is 5.89.